The molecule has 3 aliphatic heterocycles. The summed E-state index contributed by atoms with van der Waals surface area (Å²) in [6.07, 6.45) is 1.81. The molecule has 3 aliphatic rings. The van der Waals surface area contributed by atoms with Crippen LogP contribution in [0, 0.1) is 5.92 Å². The standard InChI is InChI=1S/C38H53ClIN3O10S2/c1-21-12-11-13-28(50-10)38(48)20-27(51-35(47)41-38)22(2)33-37(6,53-33)29(19-31(45)43(8)25-17-24(16-21)18-26(49-9)32(25)39)52-34(46)23(3)42(7)30(44)14-15-36(4,5)54-55-40/h11-13,17-18,22-23,27-29,33,48H,14-16,19-20H2,1-10H3,(H,41,47)/b13-11+,21-12+/t22-,23+,27+,28-,29+,33+,37+,38+/m1/s1. The maximum atomic E-state index is 14.2. The molecular formula is C38H53ClIN3O10S2. The maximum Gasteiger partial charge on any atom is 0.409 e. The van der Waals surface area contributed by atoms with Crippen molar-refractivity contribution >= 4 is 81.1 Å². The van der Waals surface area contributed by atoms with E-state index in [-0.39, 0.29) is 34.9 Å². The molecule has 3 heterocycles. The lowest BCUT2D eigenvalue weighted by Crippen LogP contribution is -2.63. The monoisotopic (exact) mass is 937 g/mol. The number of aliphatic hydroxyl groups is 1. The third-order valence-corrected chi connectivity index (χ3v) is 15.0. The van der Waals surface area contributed by atoms with Crippen molar-refractivity contribution in [3.8, 4) is 5.75 Å². The average Bonchev–Trinajstić information content (AvgIpc) is 3.82. The first kappa shape index (κ1) is 45.5. The molecular weight excluding hydrogens is 885 g/mol. The van der Waals surface area contributed by atoms with Gasteiger partial charge in [0, 0.05) is 65.9 Å². The number of likely N-dealkylation sites (N-methyl/N-ethyl adjacent to an activating group) is 1. The van der Waals surface area contributed by atoms with Gasteiger partial charge in [-0.2, -0.15) is 0 Å². The van der Waals surface area contributed by atoms with Gasteiger partial charge in [0.1, 0.15) is 40.7 Å². The van der Waals surface area contributed by atoms with E-state index in [1.165, 1.54) is 24.0 Å². The van der Waals surface area contributed by atoms with Crippen LogP contribution in [0.2, 0.25) is 5.02 Å². The first-order valence-electron chi connectivity index (χ1n) is 18.0. The second kappa shape index (κ2) is 18.6. The number of carbonyl (C=O) groups excluding carboxylic acids is 4. The molecule has 0 saturated carbocycles. The van der Waals surface area contributed by atoms with Crippen molar-refractivity contribution in [2.24, 2.45) is 5.92 Å². The zero-order valence-electron chi connectivity index (χ0n) is 33.0. The van der Waals surface area contributed by atoms with Crippen molar-refractivity contribution in [1.82, 2.24) is 10.2 Å². The number of carbonyl (C=O) groups is 4. The Morgan fingerprint density at radius 3 is 2.60 bits per heavy atom. The molecule has 0 unspecified atom stereocenters. The Morgan fingerprint density at radius 2 is 1.96 bits per heavy atom. The van der Waals surface area contributed by atoms with E-state index in [4.69, 9.17) is 35.3 Å². The first-order chi connectivity index (χ1) is 25.7. The number of benzene rings is 1. The van der Waals surface area contributed by atoms with Crippen LogP contribution in [0.4, 0.5) is 10.5 Å². The van der Waals surface area contributed by atoms with Crippen LogP contribution >= 0.6 is 51.6 Å². The third-order valence-electron chi connectivity index (χ3n) is 10.7. The number of nitrogens with one attached hydrogen (secondary N) is 1. The fourth-order valence-corrected chi connectivity index (χ4v) is 12.7. The van der Waals surface area contributed by atoms with Crippen molar-refractivity contribution in [2.75, 3.05) is 33.2 Å². The summed E-state index contributed by atoms with van der Waals surface area (Å²) in [5.41, 5.74) is -0.903. The lowest BCUT2D eigenvalue weighted by molar-refractivity contribution is -0.162. The van der Waals surface area contributed by atoms with Gasteiger partial charge < -0.3 is 38.6 Å². The minimum absolute atomic E-state index is 0.0482. The Balaban J connectivity index is 1.71. The van der Waals surface area contributed by atoms with Gasteiger partial charge in [-0.05, 0) is 73.1 Å². The second-order valence-electron chi connectivity index (χ2n) is 15.3. The van der Waals surface area contributed by atoms with E-state index in [2.05, 4.69) is 40.4 Å². The molecule has 2 N–H and O–H groups in total. The summed E-state index contributed by atoms with van der Waals surface area (Å²) in [6, 6.07) is 2.62. The molecule has 8 atom stereocenters. The predicted octanol–water partition coefficient (Wildman–Crippen LogP) is 6.80. The SMILES string of the molecule is COc1cc2cc(c1Cl)N(C)C(=O)C[C@H](OC(=O)[C@H](C)N(C)C(=O)CCC(C)(C)SSI)[C@]1(C)O[C@H]1[C@H](C)[C@@H]1C[C@@](O)(NC(=O)O1)[C@H](OC)/C=C/C=C(\C)C2. The highest BCUT2D eigenvalue weighted by Crippen LogP contribution is 2.49. The summed E-state index contributed by atoms with van der Waals surface area (Å²) in [4.78, 5) is 56.9. The van der Waals surface area contributed by atoms with Crippen molar-refractivity contribution in [3.63, 3.8) is 0 Å². The van der Waals surface area contributed by atoms with Crippen molar-refractivity contribution in [1.29, 1.82) is 0 Å². The Hall–Kier alpha value is -2.22. The minimum atomic E-state index is -1.83. The number of nitrogens with zero attached hydrogens (tertiary/aromatic N) is 2. The molecule has 0 radical (unpaired) electrons. The van der Waals surface area contributed by atoms with E-state index >= 15 is 0 Å². The number of amides is 3. The highest BCUT2D eigenvalue weighted by Gasteiger charge is 2.64. The number of halogens is 2. The molecule has 306 valence electrons. The summed E-state index contributed by atoms with van der Waals surface area (Å²) in [6.45, 7) is 11.2. The zero-order chi connectivity index (χ0) is 41.0. The van der Waals surface area contributed by atoms with Crippen LogP contribution < -0.4 is 15.0 Å². The van der Waals surface area contributed by atoms with Gasteiger partial charge in [-0.15, -0.1) is 0 Å². The molecule has 0 aromatic heterocycles. The van der Waals surface area contributed by atoms with E-state index in [0.29, 0.717) is 24.3 Å². The molecule has 0 spiro atoms. The van der Waals surface area contributed by atoms with E-state index < -0.39 is 65.7 Å². The summed E-state index contributed by atoms with van der Waals surface area (Å²) >= 11 is 8.98. The van der Waals surface area contributed by atoms with E-state index in [9.17, 15) is 24.3 Å². The maximum absolute atomic E-state index is 14.2. The van der Waals surface area contributed by atoms with E-state index in [0.717, 1.165) is 11.1 Å². The molecule has 17 heteroatoms. The summed E-state index contributed by atoms with van der Waals surface area (Å²) in [5.74, 6) is -1.51. The average molecular weight is 938 g/mol. The zero-order valence-corrected chi connectivity index (χ0v) is 37.5. The fourth-order valence-electron chi connectivity index (χ4n) is 6.93. The molecule has 2 fully saturated rings. The molecule has 4 bridgehead atoms. The fraction of sp³-hybridized carbons (Fsp3) is 0.632. The number of rotatable bonds is 10. The molecule has 1 aromatic rings. The van der Waals surface area contributed by atoms with Gasteiger partial charge in [0.15, 0.2) is 5.72 Å². The normalized spacial score (nSPS) is 30.8. The van der Waals surface area contributed by atoms with Gasteiger partial charge in [-0.3, -0.25) is 14.9 Å². The smallest absolute Gasteiger partial charge is 0.409 e. The van der Waals surface area contributed by atoms with Gasteiger partial charge in [0.05, 0.1) is 25.3 Å². The summed E-state index contributed by atoms with van der Waals surface area (Å²) in [5, 5.41) is 14.5. The van der Waals surface area contributed by atoms with Crippen LogP contribution in [0.3, 0.4) is 0 Å². The molecule has 0 aliphatic carbocycles. The molecule has 13 nitrogen and oxygen atoms in total. The Morgan fingerprint density at radius 1 is 1.27 bits per heavy atom. The van der Waals surface area contributed by atoms with Crippen molar-refractivity contribution < 1.29 is 48.0 Å². The van der Waals surface area contributed by atoms with E-state index in [1.54, 1.807) is 71.0 Å². The van der Waals surface area contributed by atoms with Gasteiger partial charge in [-0.1, -0.05) is 53.1 Å². The third kappa shape index (κ3) is 10.8. The molecule has 3 amide bonds. The van der Waals surface area contributed by atoms with Gasteiger partial charge in [0.2, 0.25) is 11.8 Å². The van der Waals surface area contributed by atoms with Crippen LogP contribution in [0.5, 0.6) is 5.75 Å². The molecule has 55 heavy (non-hydrogen) atoms. The molecule has 4 rings (SSSR count). The van der Waals surface area contributed by atoms with E-state index in [1.807, 2.05) is 19.9 Å². The topological polar surface area (TPSA) is 156 Å². The van der Waals surface area contributed by atoms with Gasteiger partial charge in [-0.25, -0.2) is 9.59 Å². The minimum Gasteiger partial charge on any atom is -0.495 e. The molecule has 2 saturated heterocycles. The van der Waals surface area contributed by atoms with Crippen molar-refractivity contribution in [3.05, 3.63) is 46.5 Å². The highest BCUT2D eigenvalue weighted by molar-refractivity contribution is 14.2. The van der Waals surface area contributed by atoms with Gasteiger partial charge >= 0.3 is 12.1 Å². The number of allylic oxidation sites excluding steroid dienone is 3. The largest absolute Gasteiger partial charge is 0.495 e. The lowest BCUT2D eigenvalue weighted by atomic mass is 9.83. The Kier molecular flexibility index (Phi) is 15.4. The van der Waals surface area contributed by atoms with Crippen LogP contribution in [0.25, 0.3) is 0 Å². The quantitative estimate of drug-likeness (QED) is 0.110. The van der Waals surface area contributed by atoms with Crippen molar-refractivity contribution in [2.45, 2.75) is 120 Å². The highest BCUT2D eigenvalue weighted by atomic mass is 127. The number of hydrogen-bond donors (Lipinski definition) is 2. The van der Waals surface area contributed by atoms with Crippen LogP contribution in [0.15, 0.2) is 35.9 Å². The number of alkyl carbamates (subject to hydrolysis) is 1. The second-order valence-corrected chi connectivity index (χ2v) is 21.2. The summed E-state index contributed by atoms with van der Waals surface area (Å²) < 4.78 is 29.2. The Labute approximate surface area is 348 Å². The molecule has 1 aromatic carbocycles. The number of methoxy groups -OCH3 is 2. The Bertz CT molecular complexity index is 1680. The summed E-state index contributed by atoms with van der Waals surface area (Å²) in [7, 11) is 9.34. The van der Waals surface area contributed by atoms with Crippen LogP contribution in [-0.4, -0.2) is 109 Å². The number of epoxide rings is 1. The van der Waals surface area contributed by atoms with Crippen LogP contribution in [-0.2, 0) is 39.8 Å². The number of anilines is 1. The number of esters is 1. The predicted molar refractivity (Wildman–Crippen MR) is 223 cm³/mol. The first-order valence-corrected chi connectivity index (χ1v) is 23.1. The van der Waals surface area contributed by atoms with Gasteiger partial charge in [0.25, 0.3) is 0 Å². The lowest BCUT2D eigenvalue weighted by Gasteiger charge is -2.42. The number of fused-ring (bicyclic) bond motifs is 5. The van der Waals surface area contributed by atoms with Crippen LogP contribution in [0.1, 0.15) is 72.8 Å². The number of hydrogen-bond acceptors (Lipinski definition) is 12. The number of ether oxygens (including phenoxy) is 5.